The van der Waals surface area contributed by atoms with Crippen LogP contribution in [-0.2, 0) is 16.0 Å². The van der Waals surface area contributed by atoms with Crippen LogP contribution in [-0.4, -0.2) is 42.9 Å². The van der Waals surface area contributed by atoms with E-state index in [9.17, 15) is 18.0 Å². The third-order valence-electron chi connectivity index (χ3n) is 5.30. The number of nitrogens with zero attached hydrogens (tertiary/aromatic N) is 4. The van der Waals surface area contributed by atoms with E-state index in [0.29, 0.717) is 22.9 Å². The molecule has 40 heavy (non-hydrogen) atoms. The number of carboxylic acid groups (broad SMARTS) is 1. The number of rotatable bonds is 6. The summed E-state index contributed by atoms with van der Waals surface area (Å²) in [5, 5.41) is 20.2. The van der Waals surface area contributed by atoms with Crippen molar-refractivity contribution in [1.29, 1.82) is 0 Å². The van der Waals surface area contributed by atoms with Crippen molar-refractivity contribution < 1.29 is 27.9 Å². The van der Waals surface area contributed by atoms with Gasteiger partial charge < -0.3 is 15.7 Å². The van der Waals surface area contributed by atoms with E-state index in [4.69, 9.17) is 21.5 Å². The lowest BCUT2D eigenvalue weighted by atomic mass is 10.1. The SMILES string of the molecule is O=C(Cc1ccccc1)Nc1cnn(-c2ccc3ccnc(Nc4cncc(Cl)c4)c3c2)c1.O=C(O)C(F)(F)F. The number of anilines is 3. The summed E-state index contributed by atoms with van der Waals surface area (Å²) in [4.78, 5) is 29.9. The zero-order valence-corrected chi connectivity index (χ0v) is 21.2. The van der Waals surface area contributed by atoms with Crippen LogP contribution in [0.4, 0.5) is 30.4 Å². The lowest BCUT2D eigenvalue weighted by molar-refractivity contribution is -0.192. The molecule has 0 aliphatic rings. The van der Waals surface area contributed by atoms with Crippen molar-refractivity contribution in [1.82, 2.24) is 19.7 Å². The molecule has 0 saturated heterocycles. The fourth-order valence-corrected chi connectivity index (χ4v) is 3.70. The molecule has 204 valence electrons. The molecule has 9 nitrogen and oxygen atoms in total. The summed E-state index contributed by atoms with van der Waals surface area (Å²) in [5.74, 6) is -2.17. The molecule has 0 fully saturated rings. The summed E-state index contributed by atoms with van der Waals surface area (Å²) < 4.78 is 33.5. The monoisotopic (exact) mass is 568 g/mol. The number of aromatic nitrogens is 4. The summed E-state index contributed by atoms with van der Waals surface area (Å²) in [6, 6.07) is 19.3. The molecule has 0 spiro atoms. The van der Waals surface area contributed by atoms with Crippen molar-refractivity contribution in [3.05, 3.63) is 102 Å². The number of nitrogens with one attached hydrogen (secondary N) is 2. The van der Waals surface area contributed by atoms with Gasteiger partial charge in [-0.25, -0.2) is 14.5 Å². The fraction of sp³-hybridized carbons (Fsp3) is 0.0741. The third-order valence-corrected chi connectivity index (χ3v) is 5.50. The molecule has 3 heterocycles. The van der Waals surface area contributed by atoms with Crippen LogP contribution in [0.5, 0.6) is 0 Å². The number of pyridine rings is 2. The Kier molecular flexibility index (Phi) is 8.60. The highest BCUT2D eigenvalue weighted by Gasteiger charge is 2.38. The molecular weight excluding hydrogens is 549 g/mol. The maximum atomic E-state index is 12.4. The van der Waals surface area contributed by atoms with E-state index >= 15 is 0 Å². The van der Waals surface area contributed by atoms with Gasteiger partial charge in [-0.2, -0.15) is 18.3 Å². The van der Waals surface area contributed by atoms with E-state index in [1.54, 1.807) is 41.7 Å². The fourth-order valence-electron chi connectivity index (χ4n) is 3.53. The predicted octanol–water partition coefficient (Wildman–Crippen LogP) is 6.03. The molecule has 3 aromatic heterocycles. The summed E-state index contributed by atoms with van der Waals surface area (Å²) in [6.07, 6.45) is 3.66. The molecule has 0 bridgehead atoms. The molecule has 13 heteroatoms. The first-order valence-electron chi connectivity index (χ1n) is 11.5. The van der Waals surface area contributed by atoms with Crippen molar-refractivity contribution >= 4 is 51.4 Å². The first-order valence-corrected chi connectivity index (χ1v) is 11.9. The van der Waals surface area contributed by atoms with Gasteiger partial charge in [0.25, 0.3) is 0 Å². The van der Waals surface area contributed by atoms with Crippen LogP contribution in [0.25, 0.3) is 16.5 Å². The second-order valence-electron chi connectivity index (χ2n) is 8.27. The number of halogens is 4. The van der Waals surface area contributed by atoms with Crippen molar-refractivity contribution in [2.45, 2.75) is 12.6 Å². The first kappa shape index (κ1) is 28.0. The van der Waals surface area contributed by atoms with Crippen LogP contribution >= 0.6 is 11.6 Å². The van der Waals surface area contributed by atoms with Gasteiger partial charge in [-0.3, -0.25) is 9.78 Å². The maximum Gasteiger partial charge on any atom is 0.490 e. The molecule has 5 rings (SSSR count). The second-order valence-corrected chi connectivity index (χ2v) is 8.71. The second kappa shape index (κ2) is 12.3. The number of hydrogen-bond donors (Lipinski definition) is 3. The highest BCUT2D eigenvalue weighted by Crippen LogP contribution is 2.27. The van der Waals surface area contributed by atoms with Crippen LogP contribution in [0, 0.1) is 0 Å². The number of aliphatic carboxylic acids is 1. The Labute approximate surface area is 230 Å². The number of hydrogen-bond acceptors (Lipinski definition) is 6. The number of carbonyl (C=O) groups is 2. The smallest absolute Gasteiger partial charge is 0.475 e. The average Bonchev–Trinajstić information content (AvgIpc) is 3.37. The van der Waals surface area contributed by atoms with E-state index < -0.39 is 12.1 Å². The standard InChI is InChI=1S/C25H19ClN6O.C2HF3O2/c26-19-11-20(14-27-13-19)31-25-23-12-22(7-6-18(23)8-9-28-25)32-16-21(15-29-32)30-24(33)10-17-4-2-1-3-5-17;3-2(4,5)1(6)7/h1-9,11-16H,10H2,(H,28,31)(H,30,33);(H,6,7). The zero-order valence-electron chi connectivity index (χ0n) is 20.4. The minimum atomic E-state index is -5.08. The lowest BCUT2D eigenvalue weighted by Gasteiger charge is -2.10. The van der Waals surface area contributed by atoms with Gasteiger partial charge in [0.2, 0.25) is 5.91 Å². The Morgan fingerprint density at radius 3 is 2.42 bits per heavy atom. The Morgan fingerprint density at radius 1 is 0.975 bits per heavy atom. The number of amides is 1. The highest BCUT2D eigenvalue weighted by atomic mass is 35.5. The summed E-state index contributed by atoms with van der Waals surface area (Å²) in [6.45, 7) is 0. The molecule has 0 saturated carbocycles. The van der Waals surface area contributed by atoms with E-state index in [1.807, 2.05) is 54.6 Å². The molecule has 0 radical (unpaired) electrons. The lowest BCUT2D eigenvalue weighted by Crippen LogP contribution is -2.21. The van der Waals surface area contributed by atoms with E-state index in [-0.39, 0.29) is 5.91 Å². The summed E-state index contributed by atoms with van der Waals surface area (Å²) >= 11 is 6.05. The topological polar surface area (TPSA) is 122 Å². The van der Waals surface area contributed by atoms with Gasteiger partial charge in [0.1, 0.15) is 5.82 Å². The molecule has 5 aromatic rings. The summed E-state index contributed by atoms with van der Waals surface area (Å²) in [7, 11) is 0. The zero-order chi connectivity index (χ0) is 28.7. The number of fused-ring (bicyclic) bond motifs is 1. The molecule has 0 aliphatic heterocycles. The Bertz CT molecular complexity index is 1640. The Morgan fingerprint density at radius 2 is 1.73 bits per heavy atom. The molecular formula is C27H20ClF3N6O3. The third kappa shape index (κ3) is 7.54. The predicted molar refractivity (Wildman–Crippen MR) is 144 cm³/mol. The van der Waals surface area contributed by atoms with Crippen molar-refractivity contribution in [2.75, 3.05) is 10.6 Å². The van der Waals surface area contributed by atoms with Gasteiger partial charge in [0.05, 0.1) is 47.1 Å². The molecule has 2 aromatic carbocycles. The van der Waals surface area contributed by atoms with Crippen molar-refractivity contribution in [3.8, 4) is 5.69 Å². The van der Waals surface area contributed by atoms with E-state index in [2.05, 4.69) is 25.7 Å². The average molecular weight is 569 g/mol. The van der Waals surface area contributed by atoms with Crippen LogP contribution < -0.4 is 10.6 Å². The minimum Gasteiger partial charge on any atom is -0.475 e. The number of carboxylic acids is 1. The Hall–Kier alpha value is -4.97. The van der Waals surface area contributed by atoms with Crippen LogP contribution in [0.2, 0.25) is 5.02 Å². The summed E-state index contributed by atoms with van der Waals surface area (Å²) in [5.41, 5.74) is 3.17. The van der Waals surface area contributed by atoms with Crippen LogP contribution in [0.3, 0.4) is 0 Å². The van der Waals surface area contributed by atoms with Crippen molar-refractivity contribution in [3.63, 3.8) is 0 Å². The highest BCUT2D eigenvalue weighted by molar-refractivity contribution is 6.30. The van der Waals surface area contributed by atoms with Gasteiger partial charge in [0, 0.05) is 17.8 Å². The van der Waals surface area contributed by atoms with Gasteiger partial charge in [-0.15, -0.1) is 0 Å². The van der Waals surface area contributed by atoms with Gasteiger partial charge in [-0.1, -0.05) is 48.0 Å². The van der Waals surface area contributed by atoms with Crippen LogP contribution in [0.1, 0.15) is 5.56 Å². The van der Waals surface area contributed by atoms with Crippen molar-refractivity contribution in [2.24, 2.45) is 0 Å². The molecule has 0 aliphatic carbocycles. The normalized spacial score (nSPS) is 10.9. The van der Waals surface area contributed by atoms with E-state index in [1.165, 1.54) is 0 Å². The van der Waals surface area contributed by atoms with Gasteiger partial charge >= 0.3 is 12.1 Å². The number of alkyl halides is 3. The van der Waals surface area contributed by atoms with Gasteiger partial charge in [-0.05, 0) is 35.2 Å². The number of carbonyl (C=O) groups excluding carboxylic acids is 1. The maximum absolute atomic E-state index is 12.4. The van der Waals surface area contributed by atoms with Gasteiger partial charge in [0.15, 0.2) is 0 Å². The minimum absolute atomic E-state index is 0.0925. The molecule has 1 amide bonds. The largest absolute Gasteiger partial charge is 0.490 e. The first-order chi connectivity index (χ1) is 19.1. The molecule has 3 N–H and O–H groups in total. The van der Waals surface area contributed by atoms with Crippen LogP contribution in [0.15, 0.2) is 91.6 Å². The number of benzene rings is 2. The quantitative estimate of drug-likeness (QED) is 0.229. The van der Waals surface area contributed by atoms with E-state index in [0.717, 1.165) is 27.7 Å². The molecule has 0 atom stereocenters. The Balaban J connectivity index is 0.000000470. The molecule has 0 unspecified atom stereocenters.